The van der Waals surface area contributed by atoms with Crippen LogP contribution < -0.4 is 16.6 Å². The Bertz CT molecular complexity index is 587. The predicted molar refractivity (Wildman–Crippen MR) is 65.2 cm³/mol. The predicted octanol–water partition coefficient (Wildman–Crippen LogP) is -1.98. The van der Waals surface area contributed by atoms with E-state index in [-0.39, 0.29) is 17.2 Å². The smallest absolute Gasteiger partial charge is 0.330 e. The molecule has 0 spiro atoms. The summed E-state index contributed by atoms with van der Waals surface area (Å²) in [6.45, 7) is 2.03. The van der Waals surface area contributed by atoms with Crippen LogP contribution in [-0.2, 0) is 25.4 Å². The van der Waals surface area contributed by atoms with Crippen LogP contribution in [0.2, 0.25) is 0 Å². The monoisotopic (exact) mass is 252 g/mol. The van der Waals surface area contributed by atoms with Crippen molar-refractivity contribution < 1.29 is 4.79 Å². The number of aromatic nitrogens is 2. The van der Waals surface area contributed by atoms with Crippen molar-refractivity contribution in [2.24, 2.45) is 14.1 Å². The van der Waals surface area contributed by atoms with Crippen molar-refractivity contribution >= 4 is 5.91 Å². The Balaban J connectivity index is 2.27. The lowest BCUT2D eigenvalue weighted by molar-refractivity contribution is -0.124. The van der Waals surface area contributed by atoms with Gasteiger partial charge in [0.1, 0.15) is 0 Å². The summed E-state index contributed by atoms with van der Waals surface area (Å²) in [4.78, 5) is 36.5. The summed E-state index contributed by atoms with van der Waals surface area (Å²) in [5, 5.41) is 2.73. The number of carbonyl (C=O) groups excluding carboxylic acids is 1. The highest BCUT2D eigenvalue weighted by atomic mass is 16.2. The van der Waals surface area contributed by atoms with E-state index in [2.05, 4.69) is 5.32 Å². The first-order valence-electron chi connectivity index (χ1n) is 5.74. The highest BCUT2D eigenvalue weighted by molar-refractivity contribution is 5.78. The molecule has 7 heteroatoms. The molecular weight excluding hydrogens is 236 g/mol. The molecule has 0 radical (unpaired) electrons. The molecule has 0 atom stereocenters. The van der Waals surface area contributed by atoms with Crippen molar-refractivity contribution in [1.29, 1.82) is 0 Å². The van der Waals surface area contributed by atoms with Gasteiger partial charge in [-0.05, 0) is 0 Å². The Labute approximate surface area is 104 Å². The van der Waals surface area contributed by atoms with E-state index in [0.29, 0.717) is 25.3 Å². The highest BCUT2D eigenvalue weighted by Gasteiger charge is 2.17. The van der Waals surface area contributed by atoms with Crippen molar-refractivity contribution in [3.63, 3.8) is 0 Å². The van der Waals surface area contributed by atoms with Crippen LogP contribution in [0.3, 0.4) is 0 Å². The second kappa shape index (κ2) is 4.77. The maximum absolute atomic E-state index is 11.7. The minimum atomic E-state index is -0.348. The third kappa shape index (κ3) is 2.35. The minimum Gasteiger partial charge on any atom is -0.354 e. The van der Waals surface area contributed by atoms with Crippen LogP contribution in [0, 0.1) is 0 Å². The van der Waals surface area contributed by atoms with Gasteiger partial charge in [-0.1, -0.05) is 0 Å². The SMILES string of the molecule is Cn1c(CN2CCNC(=O)C2)cc(=O)n(C)c1=O. The lowest BCUT2D eigenvalue weighted by Gasteiger charge is -2.26. The molecule has 18 heavy (non-hydrogen) atoms. The Morgan fingerprint density at radius 1 is 1.22 bits per heavy atom. The first-order chi connectivity index (χ1) is 8.49. The Morgan fingerprint density at radius 3 is 2.61 bits per heavy atom. The number of hydrogen-bond acceptors (Lipinski definition) is 4. The van der Waals surface area contributed by atoms with E-state index in [1.54, 1.807) is 7.05 Å². The van der Waals surface area contributed by atoms with Crippen LogP contribution >= 0.6 is 0 Å². The maximum atomic E-state index is 11.7. The van der Waals surface area contributed by atoms with Crippen LogP contribution in [-0.4, -0.2) is 39.6 Å². The summed E-state index contributed by atoms with van der Waals surface area (Å²) in [5.41, 5.74) is -0.0497. The second-order valence-corrected chi connectivity index (χ2v) is 4.44. The Hall–Kier alpha value is -1.89. The van der Waals surface area contributed by atoms with Gasteiger partial charge in [0.2, 0.25) is 5.91 Å². The molecule has 0 saturated carbocycles. The third-order valence-corrected chi connectivity index (χ3v) is 3.13. The second-order valence-electron chi connectivity index (χ2n) is 4.44. The number of carbonyl (C=O) groups is 1. The maximum Gasteiger partial charge on any atom is 0.330 e. The molecule has 1 aliphatic heterocycles. The van der Waals surface area contributed by atoms with E-state index < -0.39 is 0 Å². The van der Waals surface area contributed by atoms with Crippen LogP contribution in [0.4, 0.5) is 0 Å². The molecule has 1 aliphatic rings. The molecule has 1 aromatic heterocycles. The van der Waals surface area contributed by atoms with Gasteiger partial charge in [-0.25, -0.2) is 4.79 Å². The molecule has 7 nitrogen and oxygen atoms in total. The van der Waals surface area contributed by atoms with Crippen LogP contribution in [0.25, 0.3) is 0 Å². The largest absolute Gasteiger partial charge is 0.354 e. The van der Waals surface area contributed by atoms with Crippen molar-refractivity contribution in [1.82, 2.24) is 19.4 Å². The summed E-state index contributed by atoms with van der Waals surface area (Å²) in [6, 6.07) is 1.44. The van der Waals surface area contributed by atoms with Gasteiger partial charge < -0.3 is 5.32 Å². The minimum absolute atomic E-state index is 0.0323. The van der Waals surface area contributed by atoms with Crippen molar-refractivity contribution in [3.8, 4) is 0 Å². The molecule has 1 aromatic rings. The number of nitrogens with zero attached hydrogens (tertiary/aromatic N) is 3. The van der Waals surface area contributed by atoms with Crippen LogP contribution in [0.5, 0.6) is 0 Å². The van der Waals surface area contributed by atoms with Crippen LogP contribution in [0.15, 0.2) is 15.7 Å². The first kappa shape index (κ1) is 12.6. The van der Waals surface area contributed by atoms with E-state index in [4.69, 9.17) is 0 Å². The summed E-state index contributed by atoms with van der Waals surface area (Å²) in [6.07, 6.45) is 0. The fourth-order valence-corrected chi connectivity index (χ4v) is 1.99. The topological polar surface area (TPSA) is 76.3 Å². The van der Waals surface area contributed by atoms with Crippen molar-refractivity contribution in [2.75, 3.05) is 19.6 Å². The van der Waals surface area contributed by atoms with Crippen LogP contribution in [0.1, 0.15) is 5.69 Å². The highest BCUT2D eigenvalue weighted by Crippen LogP contribution is 2.01. The van der Waals surface area contributed by atoms with E-state index in [0.717, 1.165) is 11.1 Å². The van der Waals surface area contributed by atoms with E-state index >= 15 is 0 Å². The summed E-state index contributed by atoms with van der Waals surface area (Å²) < 4.78 is 2.50. The van der Waals surface area contributed by atoms with Gasteiger partial charge in [0.15, 0.2) is 0 Å². The van der Waals surface area contributed by atoms with Gasteiger partial charge in [0, 0.05) is 45.5 Å². The number of amides is 1. The number of piperazine rings is 1. The average Bonchev–Trinajstić information content (AvgIpc) is 2.33. The third-order valence-electron chi connectivity index (χ3n) is 3.13. The molecule has 98 valence electrons. The Kier molecular flexibility index (Phi) is 3.33. The molecule has 1 fully saturated rings. The number of rotatable bonds is 2. The lowest BCUT2D eigenvalue weighted by Crippen LogP contribution is -2.48. The fraction of sp³-hybridized carbons (Fsp3) is 0.545. The molecule has 0 bridgehead atoms. The normalized spacial score (nSPS) is 16.7. The molecule has 1 saturated heterocycles. The quantitative estimate of drug-likeness (QED) is 0.661. The van der Waals surface area contributed by atoms with Gasteiger partial charge in [-0.3, -0.25) is 23.6 Å². The molecule has 0 aromatic carbocycles. The fourth-order valence-electron chi connectivity index (χ4n) is 1.99. The van der Waals surface area contributed by atoms with Crippen molar-refractivity contribution in [3.05, 3.63) is 32.6 Å². The number of hydrogen-bond donors (Lipinski definition) is 1. The van der Waals surface area contributed by atoms with Gasteiger partial charge in [0.05, 0.1) is 6.54 Å². The van der Waals surface area contributed by atoms with E-state index in [1.807, 2.05) is 4.90 Å². The lowest BCUT2D eigenvalue weighted by atomic mass is 10.3. The molecule has 2 rings (SSSR count). The zero-order valence-corrected chi connectivity index (χ0v) is 10.5. The summed E-state index contributed by atoms with van der Waals surface area (Å²) in [5.74, 6) is -0.0323. The number of nitrogens with one attached hydrogen (secondary N) is 1. The molecular formula is C11H16N4O3. The van der Waals surface area contributed by atoms with E-state index in [9.17, 15) is 14.4 Å². The first-order valence-corrected chi connectivity index (χ1v) is 5.74. The molecule has 2 heterocycles. The van der Waals surface area contributed by atoms with Crippen molar-refractivity contribution in [2.45, 2.75) is 6.54 Å². The molecule has 0 unspecified atom stereocenters. The van der Waals surface area contributed by atoms with Gasteiger partial charge in [-0.2, -0.15) is 0 Å². The summed E-state index contributed by atoms with van der Waals surface area (Å²) in [7, 11) is 3.07. The zero-order chi connectivity index (χ0) is 13.3. The molecule has 1 amide bonds. The standard InChI is InChI=1S/C11H16N4O3/c1-13-8(5-10(17)14(2)11(13)18)6-15-4-3-12-9(16)7-15/h5H,3-4,6-7H2,1-2H3,(H,12,16). The average molecular weight is 252 g/mol. The van der Waals surface area contributed by atoms with E-state index in [1.165, 1.54) is 17.7 Å². The zero-order valence-electron chi connectivity index (χ0n) is 10.5. The Morgan fingerprint density at radius 2 is 1.94 bits per heavy atom. The van der Waals surface area contributed by atoms with Gasteiger partial charge in [0.25, 0.3) is 5.56 Å². The molecule has 0 aliphatic carbocycles. The summed E-state index contributed by atoms with van der Waals surface area (Å²) >= 11 is 0. The van der Waals surface area contributed by atoms with Gasteiger partial charge >= 0.3 is 5.69 Å². The van der Waals surface area contributed by atoms with Gasteiger partial charge in [-0.15, -0.1) is 0 Å². The molecule has 1 N–H and O–H groups in total.